The fourth-order valence-corrected chi connectivity index (χ4v) is 5.68. The van der Waals surface area contributed by atoms with Crippen molar-refractivity contribution < 1.29 is 27.1 Å². The molecular formula is C29H33ClFN3O5S. The van der Waals surface area contributed by atoms with Crippen molar-refractivity contribution in [1.82, 2.24) is 10.2 Å². The molecule has 0 fully saturated rings. The number of carbonyl (C=O) groups excluding carboxylic acids is 2. The molecule has 1 unspecified atom stereocenters. The molecule has 0 heterocycles. The van der Waals surface area contributed by atoms with Gasteiger partial charge in [0.25, 0.3) is 10.0 Å². The number of carbonyl (C=O) groups is 2. The van der Waals surface area contributed by atoms with Gasteiger partial charge < -0.3 is 15.0 Å². The van der Waals surface area contributed by atoms with E-state index in [2.05, 4.69) is 5.32 Å². The summed E-state index contributed by atoms with van der Waals surface area (Å²) in [6, 6.07) is 16.6. The van der Waals surface area contributed by atoms with E-state index in [1.54, 1.807) is 50.2 Å². The summed E-state index contributed by atoms with van der Waals surface area (Å²) in [5.41, 5.74) is 0.924. The molecule has 0 bridgehead atoms. The second-order valence-electron chi connectivity index (χ2n) is 8.86. The largest absolute Gasteiger partial charge is 0.494 e. The molecule has 0 aliphatic heterocycles. The molecule has 0 aromatic heterocycles. The molecule has 0 spiro atoms. The van der Waals surface area contributed by atoms with Crippen LogP contribution in [0.2, 0.25) is 5.02 Å². The highest BCUT2D eigenvalue weighted by molar-refractivity contribution is 7.92. The molecule has 0 radical (unpaired) electrons. The first-order valence-corrected chi connectivity index (χ1v) is 14.7. The van der Waals surface area contributed by atoms with E-state index in [9.17, 15) is 22.4 Å². The maximum atomic E-state index is 13.9. The van der Waals surface area contributed by atoms with Gasteiger partial charge in [0.15, 0.2) is 0 Å². The molecule has 3 aromatic rings. The maximum absolute atomic E-state index is 13.9. The number of benzene rings is 3. The SMILES string of the molecule is CCNC(=O)C(CC)N(Cc1ccc(Cl)cc1)C(=O)CN(c1ccc(OCC)cc1)S(=O)(=O)c1ccc(F)cc1. The first-order valence-electron chi connectivity index (χ1n) is 12.9. The van der Waals surface area contributed by atoms with Gasteiger partial charge in [0.1, 0.15) is 24.2 Å². The summed E-state index contributed by atoms with van der Waals surface area (Å²) < 4.78 is 47.6. The standard InChI is InChI=1S/C29H33ClFN3O5S/c1-4-27(29(36)32-5-2)33(19-21-7-9-22(30)10-8-21)28(35)20-34(24-13-15-25(16-14-24)39-6-3)40(37,38)26-17-11-23(31)12-18-26/h7-18,27H,4-6,19-20H2,1-3H3,(H,32,36). The number of hydrogen-bond donors (Lipinski definition) is 1. The average Bonchev–Trinajstić information content (AvgIpc) is 2.93. The Morgan fingerprint density at radius 2 is 1.57 bits per heavy atom. The number of hydrogen-bond acceptors (Lipinski definition) is 5. The molecule has 40 heavy (non-hydrogen) atoms. The van der Waals surface area contributed by atoms with Crippen molar-refractivity contribution in [3.63, 3.8) is 0 Å². The van der Waals surface area contributed by atoms with E-state index in [0.29, 0.717) is 30.3 Å². The molecular weight excluding hydrogens is 557 g/mol. The van der Waals surface area contributed by atoms with Crippen molar-refractivity contribution >= 4 is 39.1 Å². The third-order valence-electron chi connectivity index (χ3n) is 6.12. The zero-order valence-corrected chi connectivity index (χ0v) is 24.2. The van der Waals surface area contributed by atoms with Crippen molar-refractivity contribution in [2.45, 2.75) is 44.7 Å². The highest BCUT2D eigenvalue weighted by Gasteiger charge is 2.33. The van der Waals surface area contributed by atoms with Crippen LogP contribution >= 0.6 is 11.6 Å². The van der Waals surface area contributed by atoms with Crippen LogP contribution in [-0.2, 0) is 26.2 Å². The van der Waals surface area contributed by atoms with Crippen molar-refractivity contribution in [1.29, 1.82) is 0 Å². The molecule has 0 saturated carbocycles. The Bertz CT molecular complexity index is 1380. The smallest absolute Gasteiger partial charge is 0.264 e. The Hall–Kier alpha value is -3.63. The predicted molar refractivity (Wildman–Crippen MR) is 153 cm³/mol. The van der Waals surface area contributed by atoms with Gasteiger partial charge in [0.05, 0.1) is 17.2 Å². The third kappa shape index (κ3) is 7.73. The maximum Gasteiger partial charge on any atom is 0.264 e. The molecule has 3 rings (SSSR count). The minimum absolute atomic E-state index is 0.0549. The van der Waals surface area contributed by atoms with Gasteiger partial charge in [-0.2, -0.15) is 0 Å². The number of likely N-dealkylation sites (N-methyl/N-ethyl adjacent to an activating group) is 1. The Morgan fingerprint density at radius 1 is 0.950 bits per heavy atom. The van der Waals surface area contributed by atoms with E-state index in [0.717, 1.165) is 34.1 Å². The quantitative estimate of drug-likeness (QED) is 0.302. The summed E-state index contributed by atoms with van der Waals surface area (Å²) >= 11 is 6.03. The number of ether oxygens (including phenoxy) is 1. The van der Waals surface area contributed by atoms with Crippen LogP contribution in [0, 0.1) is 5.82 Å². The lowest BCUT2D eigenvalue weighted by Crippen LogP contribution is -2.52. The van der Waals surface area contributed by atoms with E-state index in [-0.39, 0.29) is 23.0 Å². The van der Waals surface area contributed by atoms with Crippen LogP contribution in [0.3, 0.4) is 0 Å². The Morgan fingerprint density at radius 3 is 2.12 bits per heavy atom. The van der Waals surface area contributed by atoms with Gasteiger partial charge >= 0.3 is 0 Å². The molecule has 1 atom stereocenters. The lowest BCUT2D eigenvalue weighted by Gasteiger charge is -2.33. The molecule has 0 aliphatic rings. The Kier molecular flexibility index (Phi) is 10.9. The van der Waals surface area contributed by atoms with Crippen LogP contribution in [0.5, 0.6) is 5.75 Å². The fourth-order valence-electron chi connectivity index (χ4n) is 4.14. The van der Waals surface area contributed by atoms with E-state index in [4.69, 9.17) is 16.3 Å². The molecule has 214 valence electrons. The van der Waals surface area contributed by atoms with Gasteiger partial charge in [0.2, 0.25) is 11.8 Å². The molecule has 1 N–H and O–H groups in total. The minimum atomic E-state index is -4.31. The molecule has 0 saturated heterocycles. The van der Waals surface area contributed by atoms with Crippen molar-refractivity contribution in [2.75, 3.05) is 24.0 Å². The number of halogens is 2. The van der Waals surface area contributed by atoms with Gasteiger partial charge in [-0.25, -0.2) is 12.8 Å². The molecule has 11 heteroatoms. The van der Waals surface area contributed by atoms with Gasteiger partial charge in [-0.05, 0) is 86.5 Å². The first kappa shape index (κ1) is 30.9. The summed E-state index contributed by atoms with van der Waals surface area (Å²) in [5, 5.41) is 3.27. The number of nitrogens with zero attached hydrogens (tertiary/aromatic N) is 2. The first-order chi connectivity index (χ1) is 19.1. The minimum Gasteiger partial charge on any atom is -0.494 e. The van der Waals surface area contributed by atoms with Crippen LogP contribution in [0.15, 0.2) is 77.7 Å². The zero-order chi connectivity index (χ0) is 29.3. The van der Waals surface area contributed by atoms with Crippen molar-refractivity contribution in [3.8, 4) is 5.75 Å². The van der Waals surface area contributed by atoms with Crippen LogP contribution in [0.25, 0.3) is 0 Å². The average molecular weight is 590 g/mol. The highest BCUT2D eigenvalue weighted by atomic mass is 35.5. The number of amides is 2. The summed E-state index contributed by atoms with van der Waals surface area (Å²) in [5.74, 6) is -0.998. The highest BCUT2D eigenvalue weighted by Crippen LogP contribution is 2.27. The second kappa shape index (κ2) is 14.1. The summed E-state index contributed by atoms with van der Waals surface area (Å²) in [4.78, 5) is 28.1. The monoisotopic (exact) mass is 589 g/mol. The lowest BCUT2D eigenvalue weighted by molar-refractivity contribution is -0.140. The van der Waals surface area contributed by atoms with E-state index in [1.165, 1.54) is 17.0 Å². The van der Waals surface area contributed by atoms with Crippen molar-refractivity contribution in [2.24, 2.45) is 0 Å². The second-order valence-corrected chi connectivity index (χ2v) is 11.2. The Labute approximate surface area is 239 Å². The van der Waals surface area contributed by atoms with Crippen LogP contribution in [0.4, 0.5) is 10.1 Å². The number of sulfonamides is 1. The van der Waals surface area contributed by atoms with E-state index >= 15 is 0 Å². The zero-order valence-electron chi connectivity index (χ0n) is 22.6. The molecule has 8 nitrogen and oxygen atoms in total. The summed E-state index contributed by atoms with van der Waals surface area (Å²) in [6.07, 6.45) is 0.304. The summed E-state index contributed by atoms with van der Waals surface area (Å²) in [7, 11) is -4.31. The summed E-state index contributed by atoms with van der Waals surface area (Å²) in [6.45, 7) is 5.63. The van der Waals surface area contributed by atoms with Gasteiger partial charge in [-0.3, -0.25) is 13.9 Å². The number of anilines is 1. The van der Waals surface area contributed by atoms with E-state index < -0.39 is 34.3 Å². The van der Waals surface area contributed by atoms with Gasteiger partial charge in [-0.1, -0.05) is 30.7 Å². The third-order valence-corrected chi connectivity index (χ3v) is 8.16. The van der Waals surface area contributed by atoms with E-state index in [1.807, 2.05) is 6.92 Å². The van der Waals surface area contributed by atoms with Crippen LogP contribution in [-0.4, -0.2) is 50.9 Å². The number of rotatable bonds is 13. The normalized spacial score (nSPS) is 11.9. The van der Waals surface area contributed by atoms with Gasteiger partial charge in [-0.15, -0.1) is 0 Å². The topological polar surface area (TPSA) is 96.0 Å². The van der Waals surface area contributed by atoms with Crippen LogP contribution in [0.1, 0.15) is 32.8 Å². The van der Waals surface area contributed by atoms with Gasteiger partial charge in [0, 0.05) is 18.1 Å². The molecule has 0 aliphatic carbocycles. The predicted octanol–water partition coefficient (Wildman–Crippen LogP) is 5.02. The molecule has 2 amide bonds. The molecule has 3 aromatic carbocycles. The fraction of sp³-hybridized carbons (Fsp3) is 0.310. The van der Waals surface area contributed by atoms with Crippen molar-refractivity contribution in [3.05, 3.63) is 89.2 Å². The lowest BCUT2D eigenvalue weighted by atomic mass is 10.1. The Balaban J connectivity index is 2.05. The number of nitrogens with one attached hydrogen (secondary N) is 1. The van der Waals surface area contributed by atoms with Crippen LogP contribution < -0.4 is 14.4 Å².